The number of unbranched alkanes of at least 4 members (excludes halogenated alkanes) is 2. The Kier molecular flexibility index (Phi) is 66.4. The maximum atomic E-state index is 13.6. The van der Waals surface area contributed by atoms with Crippen LogP contribution in [0.2, 0.25) is 0 Å². The van der Waals surface area contributed by atoms with Gasteiger partial charge in [-0.3, -0.25) is 33.6 Å². The summed E-state index contributed by atoms with van der Waals surface area (Å²) in [4.78, 5) is 102. The third kappa shape index (κ3) is 60.1. The van der Waals surface area contributed by atoms with E-state index < -0.39 is 12.0 Å². The van der Waals surface area contributed by atoms with Gasteiger partial charge in [0.1, 0.15) is 5.78 Å². The molecular formula is C121H189N5O16. The molecule has 142 heavy (non-hydrogen) atoms. The lowest BCUT2D eigenvalue weighted by molar-refractivity contribution is -0.128. The first-order chi connectivity index (χ1) is 67.6. The second-order valence-corrected chi connectivity index (χ2v) is 41.8. The van der Waals surface area contributed by atoms with Gasteiger partial charge in [-0.25, -0.2) is 0 Å². The van der Waals surface area contributed by atoms with Crippen LogP contribution in [0.15, 0.2) is 224 Å². The predicted octanol–water partition coefficient (Wildman–Crippen LogP) is 24.6. The van der Waals surface area contributed by atoms with E-state index in [1.165, 1.54) is 104 Å². The van der Waals surface area contributed by atoms with Gasteiger partial charge >= 0.3 is 0 Å². The highest BCUT2D eigenvalue weighted by atomic mass is 16.6. The Morgan fingerprint density at radius 3 is 1.18 bits per heavy atom. The summed E-state index contributed by atoms with van der Waals surface area (Å²) in [6.45, 7) is 56.0. The summed E-state index contributed by atoms with van der Waals surface area (Å²) in [5.41, 5.74) is 17.4. The van der Waals surface area contributed by atoms with Crippen LogP contribution < -0.4 is 26.6 Å². The Morgan fingerprint density at radius 1 is 0.373 bits per heavy atom. The summed E-state index contributed by atoms with van der Waals surface area (Å²) in [6.07, 6.45) is 69.5. The van der Waals surface area contributed by atoms with E-state index in [0.717, 1.165) is 70.5 Å². The topological polar surface area (TPSA) is 271 Å². The molecule has 0 saturated heterocycles. The lowest BCUT2D eigenvalue weighted by atomic mass is 9.64. The van der Waals surface area contributed by atoms with Crippen molar-refractivity contribution in [2.75, 3.05) is 132 Å². The standard InChI is InChI=1S/C65H103N3O10.C56H86N2O6/c1-12-37-73-41-45-77-47-48-78-46-43-75-39-32-61(70)67-36-40-76-44-42-74-38-19-27-60(69)59(68-63(72)50-54(5)23-16-21-52(3)29-31-58-56(7)25-18-34-65(58,10)11)26-13-14-35-66-62(71)49-53(4)22-15-20-51(2)28-30-57-55(6)24-17-33-64(57,8)9;1-42(27-29-51-46(5)23-16-31-55(51,8)9)19-14-21-44(3)39-50(60)41-49(54(62)58-34-36-64-38-37-63-35-18-25-48(7)59)26-12-13-33-57-53(61)40-45(4)22-15-20-43(2)28-30-52-47(6)24-17-32-56(52,10)11/h15-16,20-23,28-31,49-50,59H,12-14,17-19,24-27,32-48H2,1-11H3,(H,66,71)(H,67,70)(H,68,72);14-15,19-22,27-30,39-40,46,49,51H,12-13,16-18,23-26,31-38,41H2,1-11H3,(H,57,61)(H,58,62)/b22-15+,23-16+,30-28+,31-29+,51-20+,52-21+,53-49+,54-50+;21-14+,22-15+,29-27+,30-28+,42-19+,43-20+,44-39+,45-40+/t59-;46?,49-,51?/m10/s1. The Hall–Kier alpha value is -8.90. The summed E-state index contributed by atoms with van der Waals surface area (Å²) in [5, 5.41) is 14.7. The molecule has 0 spiro atoms. The number of Topliss-reactive ketones (excluding diaryl/α,β-unsaturated/α-hetero) is 2. The molecule has 5 amide bonds. The average molecular weight is 1970 g/mol. The minimum Gasteiger partial charge on any atom is -0.379 e. The lowest BCUT2D eigenvalue weighted by Gasteiger charge is -2.41. The van der Waals surface area contributed by atoms with E-state index in [-0.39, 0.29) is 82.4 Å². The van der Waals surface area contributed by atoms with Crippen molar-refractivity contribution in [3.8, 4) is 0 Å². The van der Waals surface area contributed by atoms with Crippen molar-refractivity contribution >= 4 is 46.9 Å². The highest BCUT2D eigenvalue weighted by Gasteiger charge is 2.36. The van der Waals surface area contributed by atoms with E-state index in [4.69, 9.17) is 37.9 Å². The zero-order valence-electron chi connectivity index (χ0n) is 92.0. The van der Waals surface area contributed by atoms with E-state index in [2.05, 4.69) is 211 Å². The second-order valence-electron chi connectivity index (χ2n) is 41.8. The molecule has 0 aromatic heterocycles. The molecule has 0 heterocycles. The van der Waals surface area contributed by atoms with Gasteiger partial charge in [0, 0.05) is 95.8 Å². The fourth-order valence-corrected chi connectivity index (χ4v) is 18.1. The number of ether oxygens (including phenoxy) is 8. The summed E-state index contributed by atoms with van der Waals surface area (Å²) >= 11 is 0. The van der Waals surface area contributed by atoms with Gasteiger partial charge in [-0.05, 0) is 277 Å². The average Bonchev–Trinajstić information content (AvgIpc) is 0.833. The van der Waals surface area contributed by atoms with E-state index in [1.54, 1.807) is 25.2 Å². The van der Waals surface area contributed by atoms with Gasteiger partial charge in [0.2, 0.25) is 29.5 Å². The van der Waals surface area contributed by atoms with Crippen LogP contribution in [0.4, 0.5) is 0 Å². The number of hydrogen-bond donors (Lipinski definition) is 5. The molecular weight excluding hydrogens is 1780 g/mol. The van der Waals surface area contributed by atoms with E-state index in [0.29, 0.717) is 200 Å². The normalized spacial score (nSPS) is 18.6. The smallest absolute Gasteiger partial charge is 0.244 e. The van der Waals surface area contributed by atoms with Gasteiger partial charge in [-0.2, -0.15) is 0 Å². The molecule has 4 aliphatic rings. The number of allylic oxidation sites excluding steroid dienone is 35. The molecule has 0 bridgehead atoms. The first-order valence-corrected chi connectivity index (χ1v) is 53.2. The van der Waals surface area contributed by atoms with Gasteiger partial charge < -0.3 is 69.3 Å². The molecule has 0 radical (unpaired) electrons. The molecule has 794 valence electrons. The van der Waals surface area contributed by atoms with Gasteiger partial charge in [-0.15, -0.1) is 0 Å². The van der Waals surface area contributed by atoms with E-state index >= 15 is 0 Å². The summed E-state index contributed by atoms with van der Waals surface area (Å²) in [5.74, 6) is -0.249. The molecule has 21 heteroatoms. The van der Waals surface area contributed by atoms with Crippen molar-refractivity contribution in [1.29, 1.82) is 0 Å². The zero-order chi connectivity index (χ0) is 105. The van der Waals surface area contributed by atoms with Crippen LogP contribution in [-0.4, -0.2) is 185 Å². The second kappa shape index (κ2) is 74.1. The van der Waals surface area contributed by atoms with Gasteiger partial charge in [0.05, 0.1) is 91.9 Å². The first-order valence-electron chi connectivity index (χ1n) is 53.2. The third-order valence-electron chi connectivity index (χ3n) is 26.4. The fourth-order valence-electron chi connectivity index (χ4n) is 18.1. The van der Waals surface area contributed by atoms with Crippen molar-refractivity contribution in [2.45, 2.75) is 319 Å². The number of nitrogens with one attached hydrogen (secondary N) is 5. The molecule has 21 nitrogen and oxygen atoms in total. The molecule has 0 aliphatic heterocycles. The minimum absolute atomic E-state index is 0.0690. The summed E-state index contributed by atoms with van der Waals surface area (Å²) < 4.78 is 44.2. The molecule has 0 aromatic carbocycles. The van der Waals surface area contributed by atoms with Gasteiger partial charge in [0.25, 0.3) is 0 Å². The van der Waals surface area contributed by atoms with Crippen LogP contribution in [-0.2, 0) is 76.3 Å². The van der Waals surface area contributed by atoms with Crippen molar-refractivity contribution in [1.82, 2.24) is 26.6 Å². The molecule has 4 aliphatic carbocycles. The van der Waals surface area contributed by atoms with Gasteiger partial charge in [-0.1, -0.05) is 249 Å². The lowest BCUT2D eigenvalue weighted by Crippen LogP contribution is -2.40. The fraction of sp³-hybridized carbons (Fsp3) is 0.620. The number of amides is 5. The quantitative estimate of drug-likeness (QED) is 0.0215. The number of carbonyl (C=O) groups excluding carboxylic acids is 8. The third-order valence-corrected chi connectivity index (χ3v) is 26.4. The van der Waals surface area contributed by atoms with E-state index in [9.17, 15) is 38.4 Å². The van der Waals surface area contributed by atoms with Crippen LogP contribution in [0.5, 0.6) is 0 Å². The van der Waals surface area contributed by atoms with Crippen LogP contribution >= 0.6 is 0 Å². The number of rotatable bonds is 69. The minimum atomic E-state index is -0.681. The number of ketones is 3. The molecule has 4 atom stereocenters. The summed E-state index contributed by atoms with van der Waals surface area (Å²) in [7, 11) is 0. The van der Waals surface area contributed by atoms with Gasteiger partial charge in [0.15, 0.2) is 11.6 Å². The van der Waals surface area contributed by atoms with Crippen molar-refractivity contribution < 1.29 is 76.3 Å². The summed E-state index contributed by atoms with van der Waals surface area (Å²) in [6, 6.07) is -0.681. The maximum absolute atomic E-state index is 13.6. The van der Waals surface area contributed by atoms with Crippen molar-refractivity contribution in [2.24, 2.45) is 39.4 Å². The van der Waals surface area contributed by atoms with Crippen LogP contribution in [0.25, 0.3) is 0 Å². The first kappa shape index (κ1) is 127. The molecule has 5 N–H and O–H groups in total. The van der Waals surface area contributed by atoms with Crippen LogP contribution in [0.3, 0.4) is 0 Å². The Morgan fingerprint density at radius 2 is 0.754 bits per heavy atom. The highest BCUT2D eigenvalue weighted by molar-refractivity contribution is 5.95. The monoisotopic (exact) mass is 1970 g/mol. The van der Waals surface area contributed by atoms with Crippen molar-refractivity contribution in [3.63, 3.8) is 0 Å². The molecule has 0 aromatic rings. The Bertz CT molecular complexity index is 4480. The Labute approximate surface area is 858 Å². The molecule has 1 fully saturated rings. The molecule has 4 rings (SSSR count). The van der Waals surface area contributed by atoms with Crippen molar-refractivity contribution in [3.05, 3.63) is 224 Å². The number of carbonyl (C=O) groups is 8. The molecule has 2 unspecified atom stereocenters. The Balaban J connectivity index is 0.000000744. The highest BCUT2D eigenvalue weighted by Crippen LogP contribution is 2.46. The largest absolute Gasteiger partial charge is 0.379 e. The SMILES string of the molecule is CC(=O)CCCOCCOCCNC(=O)[C@@H](CCCCNC(=O)/C=C(C)/C=C/C=C(C)/C=C/C1=C(C)CCCC1(C)C)CC(=O)/C=C(C)/C=C/C=C(C)/C=C/C1C(C)CCCC1(C)C.CCCOCCOCCOCCOCCC(=O)NCCOCCOCCCC(=O)[C@@H](CCCCNC(=O)/C=C(C)/C=C/C=C(C)/C=C/C1=C(C)CCCC1(C)C)NC(=O)/C=C(C)/C=C/C=C(C)/C=C/C1=C(C)CCCC1(C)C. The number of hydrogen-bond acceptors (Lipinski definition) is 16. The maximum Gasteiger partial charge on any atom is 0.244 e. The van der Waals surface area contributed by atoms with E-state index in [1.807, 2.05) is 82.4 Å². The zero-order valence-corrected chi connectivity index (χ0v) is 92.0. The van der Waals surface area contributed by atoms with Crippen LogP contribution in [0, 0.1) is 39.4 Å². The van der Waals surface area contributed by atoms with Crippen LogP contribution in [0.1, 0.15) is 313 Å². The molecule has 1 saturated carbocycles. The predicted molar refractivity (Wildman–Crippen MR) is 585 cm³/mol.